The first kappa shape index (κ1) is 12.0. The molecular weight excluding hydrogens is 269 g/mol. The molecule has 0 aromatic carbocycles. The fourth-order valence-corrected chi connectivity index (χ4v) is 0.645. The monoisotopic (exact) mass is 275 g/mol. The van der Waals surface area contributed by atoms with Crippen LogP contribution in [0.5, 0.6) is 0 Å². The van der Waals surface area contributed by atoms with Crippen molar-refractivity contribution in [3.05, 3.63) is 29.6 Å². The van der Waals surface area contributed by atoms with Crippen LogP contribution in [0, 0.1) is 17.4 Å². The van der Waals surface area contributed by atoms with Crippen molar-refractivity contribution >= 4 is 5.97 Å². The molecule has 0 amide bonds. The molecule has 1 heterocycles. The maximum Gasteiger partial charge on any atom is 0.283 e. The molecule has 0 spiro atoms. The summed E-state index contributed by atoms with van der Waals surface area (Å²) >= 11 is 0. The van der Waals surface area contributed by atoms with Gasteiger partial charge in [0.25, 0.3) is 5.97 Å². The smallest absolute Gasteiger partial charge is 0.283 e. The number of rotatable bonds is 1. The van der Waals surface area contributed by atoms with E-state index in [2.05, 4.69) is 15.8 Å². The molecule has 0 aliphatic heterocycles. The molecule has 0 aliphatic rings. The molecule has 4 nitrogen and oxygen atoms in total. The van der Waals surface area contributed by atoms with E-state index in [1.807, 2.05) is 0 Å². The number of hydrogen-bond donors (Lipinski definition) is 0. The van der Waals surface area contributed by atoms with E-state index in [4.69, 9.17) is 5.26 Å². The molecule has 1 rings (SSSR count). The van der Waals surface area contributed by atoms with Crippen LogP contribution < -0.4 is 0 Å². The van der Waals surface area contributed by atoms with E-state index in [0.717, 1.165) is 0 Å². The molecule has 5 heteroatoms. The van der Waals surface area contributed by atoms with Gasteiger partial charge >= 0.3 is 0 Å². The zero-order chi connectivity index (χ0) is 8.97. The molecular formula is C8H5CdN2O2-. The Hall–Kier alpha value is -0.968. The Morgan fingerprint density at radius 2 is 2.46 bits per heavy atom. The third kappa shape index (κ3) is 3.10. The first-order valence-electron chi connectivity index (χ1n) is 3.14. The number of carbonyl (C=O) groups is 1. The summed E-state index contributed by atoms with van der Waals surface area (Å²) in [6.45, 7) is 0. The van der Waals surface area contributed by atoms with Crippen molar-refractivity contribution in [2.24, 2.45) is 0 Å². The minimum Gasteiger partial charge on any atom is -0.475 e. The standard InChI is InChI=1S/C8H5N2O2.Cd/c1-12-8(11)6-2-3-7(4-9)10-5-6;/h2,5H,1H3;/q-1;. The molecule has 0 atom stereocenters. The average Bonchev–Trinajstić information content (AvgIpc) is 2.17. The molecule has 0 unspecified atom stereocenters. The zero-order valence-electron chi connectivity index (χ0n) is 7.07. The van der Waals surface area contributed by atoms with Crippen molar-refractivity contribution in [2.75, 3.05) is 7.11 Å². The number of ether oxygens (including phenoxy) is 1. The van der Waals surface area contributed by atoms with Crippen LogP contribution in [0.25, 0.3) is 0 Å². The van der Waals surface area contributed by atoms with E-state index in [1.54, 1.807) is 6.07 Å². The Kier molecular flexibility index (Phi) is 5.22. The van der Waals surface area contributed by atoms with Crippen molar-refractivity contribution in [2.45, 2.75) is 0 Å². The fourth-order valence-electron chi connectivity index (χ4n) is 0.645. The van der Waals surface area contributed by atoms with Gasteiger partial charge in [0.15, 0.2) is 0 Å². The average molecular weight is 274 g/mol. The van der Waals surface area contributed by atoms with Crippen LogP contribution >= 0.6 is 0 Å². The van der Waals surface area contributed by atoms with Crippen molar-refractivity contribution < 1.29 is 36.8 Å². The SMILES string of the molecule is COC(=O)c1c[c-]c(C#N)nc1.[Cd]. The number of pyridine rings is 1. The zero-order valence-corrected chi connectivity index (χ0v) is 11.1. The van der Waals surface area contributed by atoms with Gasteiger partial charge in [0.1, 0.15) is 0 Å². The topological polar surface area (TPSA) is 63.0 Å². The summed E-state index contributed by atoms with van der Waals surface area (Å²) in [6.07, 6.45) is 1.28. The van der Waals surface area contributed by atoms with E-state index in [0.29, 0.717) is 0 Å². The van der Waals surface area contributed by atoms with Gasteiger partial charge < -0.3 is 4.74 Å². The van der Waals surface area contributed by atoms with Crippen LogP contribution in [-0.2, 0) is 32.0 Å². The summed E-state index contributed by atoms with van der Waals surface area (Å²) in [5.41, 5.74) is 0.444. The number of hydrogen-bond acceptors (Lipinski definition) is 4. The van der Waals surface area contributed by atoms with E-state index in [9.17, 15) is 4.79 Å². The van der Waals surface area contributed by atoms with Gasteiger partial charge in [-0.05, 0) is 17.8 Å². The normalized spacial score (nSPS) is 8.00. The molecule has 0 saturated carbocycles. The van der Waals surface area contributed by atoms with Gasteiger partial charge in [-0.3, -0.25) is 15.0 Å². The van der Waals surface area contributed by atoms with Crippen molar-refractivity contribution in [1.29, 1.82) is 5.26 Å². The molecule has 0 N–H and O–H groups in total. The number of aromatic nitrogens is 1. The van der Waals surface area contributed by atoms with Gasteiger partial charge in [-0.2, -0.15) is 6.07 Å². The summed E-state index contributed by atoms with van der Waals surface area (Å²) in [5.74, 6) is -0.483. The van der Waals surface area contributed by atoms with Crippen LogP contribution in [0.2, 0.25) is 0 Å². The number of esters is 1. The van der Waals surface area contributed by atoms with Gasteiger partial charge in [0.2, 0.25) is 0 Å². The van der Waals surface area contributed by atoms with Gasteiger partial charge in [0, 0.05) is 33.0 Å². The molecule has 62 valence electrons. The van der Waals surface area contributed by atoms with Crippen LogP contribution in [0.3, 0.4) is 0 Å². The molecule has 0 aliphatic carbocycles. The molecule has 0 bridgehead atoms. The first-order chi connectivity index (χ1) is 5.77. The fraction of sp³-hybridized carbons (Fsp3) is 0.125. The Bertz CT molecular complexity index is 329. The molecule has 13 heavy (non-hydrogen) atoms. The summed E-state index contributed by atoms with van der Waals surface area (Å²) in [4.78, 5) is 14.5. The number of methoxy groups -OCH3 is 1. The second kappa shape index (κ2) is 5.64. The molecule has 0 fully saturated rings. The minimum absolute atomic E-state index is 0. The molecule has 0 radical (unpaired) electrons. The van der Waals surface area contributed by atoms with E-state index < -0.39 is 5.97 Å². The first-order valence-corrected chi connectivity index (χ1v) is 3.14. The maximum atomic E-state index is 10.8. The van der Waals surface area contributed by atoms with Gasteiger partial charge in [0.05, 0.1) is 7.11 Å². The summed E-state index contributed by atoms with van der Waals surface area (Å²) in [6, 6.07) is 5.69. The molecule has 1 aromatic heterocycles. The van der Waals surface area contributed by atoms with E-state index in [1.165, 1.54) is 19.4 Å². The van der Waals surface area contributed by atoms with E-state index >= 15 is 0 Å². The number of nitriles is 1. The maximum absolute atomic E-state index is 10.8. The van der Waals surface area contributed by atoms with Crippen LogP contribution in [0.4, 0.5) is 0 Å². The van der Waals surface area contributed by atoms with Crippen molar-refractivity contribution in [3.63, 3.8) is 0 Å². The van der Waals surface area contributed by atoms with Gasteiger partial charge in [-0.15, -0.1) is 6.07 Å². The second-order valence-electron chi connectivity index (χ2n) is 1.95. The predicted octanol–water partition coefficient (Wildman–Crippen LogP) is 0.538. The van der Waals surface area contributed by atoms with E-state index in [-0.39, 0.29) is 38.6 Å². The molecule has 1 aromatic rings. The van der Waals surface area contributed by atoms with Crippen molar-refractivity contribution in [3.8, 4) is 6.07 Å². The molecule has 0 saturated heterocycles. The quantitative estimate of drug-likeness (QED) is 0.426. The third-order valence-electron chi connectivity index (χ3n) is 1.22. The van der Waals surface area contributed by atoms with Crippen molar-refractivity contribution in [1.82, 2.24) is 4.98 Å². The number of nitrogens with zero attached hydrogens (tertiary/aromatic N) is 2. The second-order valence-corrected chi connectivity index (χ2v) is 1.95. The predicted molar refractivity (Wildman–Crippen MR) is 39.1 cm³/mol. The van der Waals surface area contributed by atoms with Gasteiger partial charge in [-0.25, -0.2) is 0 Å². The van der Waals surface area contributed by atoms with Crippen LogP contribution in [0.1, 0.15) is 16.1 Å². The summed E-state index contributed by atoms with van der Waals surface area (Å²) in [7, 11) is 1.28. The Labute approximate surface area is 95.7 Å². The van der Waals surface area contributed by atoms with Crippen LogP contribution in [0.15, 0.2) is 12.3 Å². The number of carbonyl (C=O) groups excluding carboxylic acids is 1. The van der Waals surface area contributed by atoms with Gasteiger partial charge in [-0.1, -0.05) is 0 Å². The largest absolute Gasteiger partial charge is 0.475 e. The summed E-state index contributed by atoms with van der Waals surface area (Å²) < 4.78 is 4.43. The summed E-state index contributed by atoms with van der Waals surface area (Å²) in [5, 5.41) is 8.36. The Morgan fingerprint density at radius 1 is 1.77 bits per heavy atom. The Morgan fingerprint density at radius 3 is 2.85 bits per heavy atom. The third-order valence-corrected chi connectivity index (χ3v) is 1.22. The minimum atomic E-state index is -0.483. The Balaban J connectivity index is 0.00000144. The van der Waals surface area contributed by atoms with Crippen LogP contribution in [-0.4, -0.2) is 18.1 Å².